The fourth-order valence-corrected chi connectivity index (χ4v) is 5.00. The van der Waals surface area contributed by atoms with Gasteiger partial charge in [-0.15, -0.1) is 0 Å². The Balaban J connectivity index is 1.65. The Morgan fingerprint density at radius 2 is 2.00 bits per heavy atom. The molecule has 2 aromatic carbocycles. The SMILES string of the molecule is O=C1CCC=C2Nc3ccc4ncccc4c3[C@H](c3cn[nH]c3-c3cccc(F)c3)[C@@H]12. The molecule has 4 aromatic rings. The van der Waals surface area contributed by atoms with Crippen LogP contribution >= 0.6 is 0 Å². The first kappa shape index (κ1) is 18.0. The number of nitrogens with zero attached hydrogens (tertiary/aromatic N) is 2. The van der Waals surface area contributed by atoms with E-state index < -0.39 is 0 Å². The average Bonchev–Trinajstić information content (AvgIpc) is 3.27. The van der Waals surface area contributed by atoms with E-state index in [1.165, 1.54) is 12.1 Å². The summed E-state index contributed by atoms with van der Waals surface area (Å²) in [5.41, 5.74) is 6.13. The lowest BCUT2D eigenvalue weighted by molar-refractivity contribution is -0.122. The molecule has 6 rings (SSSR count). The predicted molar refractivity (Wildman–Crippen MR) is 117 cm³/mol. The van der Waals surface area contributed by atoms with Crippen molar-refractivity contribution in [3.63, 3.8) is 0 Å². The number of hydrogen-bond acceptors (Lipinski definition) is 4. The van der Waals surface area contributed by atoms with Gasteiger partial charge in [0.2, 0.25) is 0 Å². The molecule has 1 aliphatic carbocycles. The molecule has 0 saturated heterocycles. The van der Waals surface area contributed by atoms with E-state index in [4.69, 9.17) is 0 Å². The minimum atomic E-state index is -0.336. The molecule has 2 atom stereocenters. The molecule has 1 aliphatic heterocycles. The van der Waals surface area contributed by atoms with Crippen LogP contribution in [-0.4, -0.2) is 21.0 Å². The molecule has 6 heteroatoms. The number of aromatic amines is 1. The molecule has 0 fully saturated rings. The fourth-order valence-electron chi connectivity index (χ4n) is 5.00. The predicted octanol–water partition coefficient (Wildman–Crippen LogP) is 5.18. The van der Waals surface area contributed by atoms with Crippen molar-refractivity contribution in [1.82, 2.24) is 15.2 Å². The lowest BCUT2D eigenvalue weighted by Gasteiger charge is -2.38. The maximum atomic E-state index is 14.0. The molecule has 2 N–H and O–H groups in total. The zero-order valence-corrected chi connectivity index (χ0v) is 16.6. The number of halogens is 1. The van der Waals surface area contributed by atoms with Gasteiger partial charge in [-0.25, -0.2) is 4.39 Å². The third-order valence-electron chi connectivity index (χ3n) is 6.30. The Hall–Kier alpha value is -3.80. The highest BCUT2D eigenvalue weighted by Crippen LogP contribution is 2.50. The Bertz CT molecular complexity index is 1370. The summed E-state index contributed by atoms with van der Waals surface area (Å²) < 4.78 is 14.0. The van der Waals surface area contributed by atoms with Crippen molar-refractivity contribution in [2.24, 2.45) is 5.92 Å². The average molecular weight is 410 g/mol. The maximum absolute atomic E-state index is 14.0. The molecule has 0 spiro atoms. The van der Waals surface area contributed by atoms with Gasteiger partial charge in [0.1, 0.15) is 11.6 Å². The van der Waals surface area contributed by atoms with Gasteiger partial charge in [-0.1, -0.05) is 24.3 Å². The summed E-state index contributed by atoms with van der Waals surface area (Å²) >= 11 is 0. The molecule has 3 heterocycles. The minimum Gasteiger partial charge on any atom is -0.358 e. The number of carbonyl (C=O) groups excluding carboxylic acids is 1. The summed E-state index contributed by atoms with van der Waals surface area (Å²) in [7, 11) is 0. The molecule has 0 unspecified atom stereocenters. The quantitative estimate of drug-likeness (QED) is 0.477. The van der Waals surface area contributed by atoms with Crippen molar-refractivity contribution in [3.05, 3.63) is 89.6 Å². The van der Waals surface area contributed by atoms with Gasteiger partial charge in [-0.2, -0.15) is 5.10 Å². The number of benzene rings is 2. The lowest BCUT2D eigenvalue weighted by Crippen LogP contribution is -2.35. The zero-order valence-electron chi connectivity index (χ0n) is 16.6. The normalized spacial score (nSPS) is 20.0. The maximum Gasteiger partial charge on any atom is 0.143 e. The first-order chi connectivity index (χ1) is 15.2. The number of H-pyrrole nitrogens is 1. The molecular weight excluding hydrogens is 391 g/mol. The van der Waals surface area contributed by atoms with Crippen LogP contribution < -0.4 is 5.32 Å². The van der Waals surface area contributed by atoms with Gasteiger partial charge in [-0.3, -0.25) is 14.9 Å². The van der Waals surface area contributed by atoms with Crippen LogP contribution in [0, 0.1) is 11.7 Å². The molecule has 2 aliphatic rings. The number of rotatable bonds is 2. The number of nitrogens with one attached hydrogen (secondary N) is 2. The highest BCUT2D eigenvalue weighted by atomic mass is 19.1. The van der Waals surface area contributed by atoms with Gasteiger partial charge in [0.15, 0.2) is 0 Å². The summed E-state index contributed by atoms with van der Waals surface area (Å²) in [6, 6.07) is 14.4. The van der Waals surface area contributed by atoms with Crippen molar-refractivity contribution in [2.75, 3.05) is 5.32 Å². The van der Waals surface area contributed by atoms with E-state index in [2.05, 4.69) is 26.6 Å². The Morgan fingerprint density at radius 1 is 1.06 bits per heavy atom. The van der Waals surface area contributed by atoms with Gasteiger partial charge in [0, 0.05) is 46.4 Å². The summed E-state index contributed by atoms with van der Waals surface area (Å²) in [6.07, 6.45) is 6.91. The first-order valence-electron chi connectivity index (χ1n) is 10.4. The number of fused-ring (bicyclic) bond motifs is 4. The Morgan fingerprint density at radius 3 is 2.90 bits per heavy atom. The number of pyridine rings is 1. The van der Waals surface area contributed by atoms with Gasteiger partial charge in [-0.05, 0) is 42.3 Å². The smallest absolute Gasteiger partial charge is 0.143 e. The summed E-state index contributed by atoms with van der Waals surface area (Å²) in [4.78, 5) is 17.7. The van der Waals surface area contributed by atoms with Crippen LogP contribution in [0.5, 0.6) is 0 Å². The topological polar surface area (TPSA) is 70.7 Å². The third kappa shape index (κ3) is 2.79. The van der Waals surface area contributed by atoms with Crippen LogP contribution in [0.4, 0.5) is 10.1 Å². The molecule has 2 aromatic heterocycles. The summed E-state index contributed by atoms with van der Waals surface area (Å²) in [5.74, 6) is -0.696. The van der Waals surface area contributed by atoms with E-state index in [1.54, 1.807) is 18.5 Å². The van der Waals surface area contributed by atoms with E-state index >= 15 is 0 Å². The minimum absolute atomic E-state index is 0.202. The number of Topliss-reactive ketones (excluding diaryl/α,β-unsaturated/α-hetero) is 1. The monoisotopic (exact) mass is 410 g/mol. The first-order valence-corrected chi connectivity index (χ1v) is 10.4. The molecule has 0 radical (unpaired) electrons. The molecule has 0 bridgehead atoms. The van der Waals surface area contributed by atoms with Gasteiger partial charge in [0.05, 0.1) is 23.3 Å². The van der Waals surface area contributed by atoms with Crippen molar-refractivity contribution in [1.29, 1.82) is 0 Å². The standard InChI is InChI=1S/C25H19FN4O/c26-15-5-1-4-14(12-15)25-17(13-28-30-25)23-22-16-6-3-11-27-18(16)9-10-20(22)29-19-7-2-8-21(31)24(19)23/h1,3-7,9-13,23-24,29H,2,8H2,(H,28,30)/t23-,24+/m0/s1. The number of hydrogen-bond donors (Lipinski definition) is 2. The highest BCUT2D eigenvalue weighted by molar-refractivity contribution is 5.96. The van der Waals surface area contributed by atoms with Crippen LogP contribution in [0.25, 0.3) is 22.2 Å². The van der Waals surface area contributed by atoms with Crippen LogP contribution in [-0.2, 0) is 4.79 Å². The van der Waals surface area contributed by atoms with Crippen LogP contribution in [0.2, 0.25) is 0 Å². The zero-order chi connectivity index (χ0) is 20.9. The second-order valence-electron chi connectivity index (χ2n) is 8.05. The van der Waals surface area contributed by atoms with E-state index in [0.717, 1.165) is 45.5 Å². The van der Waals surface area contributed by atoms with Crippen molar-refractivity contribution >= 4 is 22.4 Å². The number of aromatic nitrogens is 3. The fraction of sp³-hybridized carbons (Fsp3) is 0.160. The largest absolute Gasteiger partial charge is 0.358 e. The Labute approximate surface area is 178 Å². The summed E-state index contributed by atoms with van der Waals surface area (Å²) in [5, 5.41) is 11.9. The van der Waals surface area contributed by atoms with Gasteiger partial charge < -0.3 is 5.32 Å². The number of carbonyl (C=O) groups is 1. The van der Waals surface area contributed by atoms with Gasteiger partial charge >= 0.3 is 0 Å². The summed E-state index contributed by atoms with van der Waals surface area (Å²) in [6.45, 7) is 0. The second kappa shape index (κ2) is 6.87. The molecular formula is C25H19FN4O. The van der Waals surface area contributed by atoms with E-state index in [-0.39, 0.29) is 23.4 Å². The van der Waals surface area contributed by atoms with Crippen molar-refractivity contribution < 1.29 is 9.18 Å². The molecule has 0 amide bonds. The number of allylic oxidation sites excluding steroid dienone is 2. The highest BCUT2D eigenvalue weighted by Gasteiger charge is 2.42. The molecule has 0 saturated carbocycles. The second-order valence-corrected chi connectivity index (χ2v) is 8.05. The van der Waals surface area contributed by atoms with Gasteiger partial charge in [0.25, 0.3) is 0 Å². The van der Waals surface area contributed by atoms with E-state index in [9.17, 15) is 9.18 Å². The number of anilines is 1. The number of ketones is 1. The molecule has 31 heavy (non-hydrogen) atoms. The van der Waals surface area contributed by atoms with Crippen LogP contribution in [0.1, 0.15) is 29.9 Å². The van der Waals surface area contributed by atoms with E-state index in [0.29, 0.717) is 12.0 Å². The molecule has 152 valence electrons. The lowest BCUT2D eigenvalue weighted by atomic mass is 9.70. The van der Waals surface area contributed by atoms with Crippen molar-refractivity contribution in [3.8, 4) is 11.3 Å². The Kier molecular flexibility index (Phi) is 3.99. The van der Waals surface area contributed by atoms with E-state index in [1.807, 2.05) is 30.3 Å². The van der Waals surface area contributed by atoms with Crippen LogP contribution in [0.3, 0.4) is 0 Å². The van der Waals surface area contributed by atoms with Crippen molar-refractivity contribution in [2.45, 2.75) is 18.8 Å². The third-order valence-corrected chi connectivity index (χ3v) is 6.30. The molecule has 5 nitrogen and oxygen atoms in total. The van der Waals surface area contributed by atoms with Crippen LogP contribution in [0.15, 0.2) is 72.7 Å².